The number of rotatable bonds is 10. The van der Waals surface area contributed by atoms with Gasteiger partial charge in [-0.05, 0) is 36.8 Å². The molecule has 1 unspecified atom stereocenters. The Balaban J connectivity index is 1.66. The van der Waals surface area contributed by atoms with Gasteiger partial charge in [0, 0.05) is 48.1 Å². The number of benzene rings is 3. The molecule has 1 N–H and O–H groups in total. The van der Waals surface area contributed by atoms with Crippen molar-refractivity contribution in [3.8, 4) is 0 Å². The van der Waals surface area contributed by atoms with Crippen LogP contribution < -0.4 is 5.32 Å². The molecule has 4 rings (SSSR count). The Morgan fingerprint density at radius 1 is 0.949 bits per heavy atom. The van der Waals surface area contributed by atoms with Crippen LogP contribution >= 0.6 is 23.2 Å². The average molecular weight is 589 g/mol. The summed E-state index contributed by atoms with van der Waals surface area (Å²) in [6, 6.07) is 19.1. The first-order chi connectivity index (χ1) is 18.6. The van der Waals surface area contributed by atoms with Crippen LogP contribution in [-0.4, -0.2) is 54.5 Å². The summed E-state index contributed by atoms with van der Waals surface area (Å²) in [6.07, 6.45) is -0.140. The number of nitrogens with one attached hydrogen (secondary N) is 1. The van der Waals surface area contributed by atoms with E-state index >= 15 is 0 Å². The molecule has 0 bridgehead atoms. The highest BCUT2D eigenvalue weighted by Crippen LogP contribution is 2.31. The molecule has 0 aliphatic carbocycles. The molecule has 3 aromatic carbocycles. The van der Waals surface area contributed by atoms with E-state index in [2.05, 4.69) is 5.32 Å². The number of fused-ring (bicyclic) bond motifs is 1. The molecular weight excluding hydrogens is 561 g/mol. The predicted octanol–water partition coefficient (Wildman–Crippen LogP) is 4.30. The van der Waals surface area contributed by atoms with E-state index in [-0.39, 0.29) is 42.3 Å². The van der Waals surface area contributed by atoms with Crippen molar-refractivity contribution in [2.75, 3.05) is 13.1 Å². The van der Waals surface area contributed by atoms with Crippen molar-refractivity contribution < 1.29 is 22.8 Å². The first kappa shape index (κ1) is 28.6. The van der Waals surface area contributed by atoms with Gasteiger partial charge in [-0.1, -0.05) is 71.7 Å². The molecular formula is C28H27Cl2N3O5S. The first-order valence-electron chi connectivity index (χ1n) is 12.3. The lowest BCUT2D eigenvalue weighted by Gasteiger charge is -2.32. The number of carbonyl (C=O) groups is 3. The molecule has 3 amide bonds. The molecule has 39 heavy (non-hydrogen) atoms. The zero-order valence-corrected chi connectivity index (χ0v) is 23.5. The average Bonchev–Trinajstić information content (AvgIpc) is 3.11. The fraction of sp³-hybridized carbons (Fsp3) is 0.250. The number of sulfonamides is 1. The maximum atomic E-state index is 13.8. The van der Waals surface area contributed by atoms with E-state index in [1.54, 1.807) is 31.2 Å². The normalized spacial score (nSPS) is 14.5. The van der Waals surface area contributed by atoms with Gasteiger partial charge in [0.2, 0.25) is 11.8 Å². The summed E-state index contributed by atoms with van der Waals surface area (Å²) in [5.74, 6) is -1.60. The van der Waals surface area contributed by atoms with Gasteiger partial charge in [-0.3, -0.25) is 14.4 Å². The Labute approximate surface area is 237 Å². The van der Waals surface area contributed by atoms with Gasteiger partial charge < -0.3 is 10.2 Å². The quantitative estimate of drug-likeness (QED) is 0.381. The molecule has 0 saturated heterocycles. The molecule has 1 aliphatic heterocycles. The molecule has 8 nitrogen and oxygen atoms in total. The molecule has 11 heteroatoms. The Bertz CT molecular complexity index is 1480. The van der Waals surface area contributed by atoms with Crippen molar-refractivity contribution in [1.29, 1.82) is 0 Å². The van der Waals surface area contributed by atoms with Gasteiger partial charge in [-0.15, -0.1) is 0 Å². The molecule has 3 aromatic rings. The first-order valence-corrected chi connectivity index (χ1v) is 14.5. The topological polar surface area (TPSA) is 104 Å². The Morgan fingerprint density at radius 2 is 1.59 bits per heavy atom. The Morgan fingerprint density at radius 3 is 2.23 bits per heavy atom. The minimum atomic E-state index is -4.09. The summed E-state index contributed by atoms with van der Waals surface area (Å²) in [5.41, 5.74) is 1.34. The third-order valence-electron chi connectivity index (χ3n) is 6.45. The van der Waals surface area contributed by atoms with Crippen LogP contribution in [0.15, 0.2) is 77.7 Å². The maximum Gasteiger partial charge on any atom is 0.269 e. The summed E-state index contributed by atoms with van der Waals surface area (Å²) >= 11 is 12.8. The third kappa shape index (κ3) is 6.11. The lowest BCUT2D eigenvalue weighted by atomic mass is 10.0. The van der Waals surface area contributed by atoms with E-state index in [1.165, 1.54) is 23.1 Å². The number of hydrogen-bond donors (Lipinski definition) is 1. The summed E-state index contributed by atoms with van der Waals surface area (Å²) in [5, 5.41) is 3.43. The highest BCUT2D eigenvalue weighted by Gasteiger charge is 2.41. The van der Waals surface area contributed by atoms with Crippen LogP contribution in [0, 0.1) is 0 Å². The molecule has 0 aromatic heterocycles. The maximum absolute atomic E-state index is 13.8. The Hall–Kier alpha value is -3.40. The number of halogens is 2. The van der Waals surface area contributed by atoms with E-state index < -0.39 is 27.9 Å². The molecule has 1 heterocycles. The molecule has 1 atom stereocenters. The Kier molecular flexibility index (Phi) is 8.94. The standard InChI is InChI=1S/C28H27Cl2N3O5S/c1-2-31-27(35)24(17-19-9-4-3-5-10-19)32(18-21-22(29)12-8-13-23(21)30)26(34)15-16-33-28(36)20-11-6-7-14-25(20)39(33,37)38/h3-14,24H,2,15-18H2,1H3,(H,31,35). The highest BCUT2D eigenvalue weighted by atomic mass is 35.5. The van der Waals surface area contributed by atoms with Crippen LogP contribution in [0.4, 0.5) is 0 Å². The predicted molar refractivity (Wildman–Crippen MR) is 149 cm³/mol. The van der Waals surface area contributed by atoms with Gasteiger partial charge in [0.05, 0.1) is 5.56 Å². The molecule has 0 fully saturated rings. The van der Waals surface area contributed by atoms with Crippen LogP contribution in [0.25, 0.3) is 0 Å². The zero-order valence-electron chi connectivity index (χ0n) is 21.1. The van der Waals surface area contributed by atoms with Crippen LogP contribution in [0.1, 0.15) is 34.8 Å². The number of amides is 3. The zero-order chi connectivity index (χ0) is 28.2. The van der Waals surface area contributed by atoms with Crippen molar-refractivity contribution in [3.05, 3.63) is 99.5 Å². The van der Waals surface area contributed by atoms with E-state index in [4.69, 9.17) is 23.2 Å². The van der Waals surface area contributed by atoms with Gasteiger partial charge in [0.25, 0.3) is 15.9 Å². The van der Waals surface area contributed by atoms with Gasteiger partial charge in [-0.25, -0.2) is 12.7 Å². The van der Waals surface area contributed by atoms with E-state index in [0.717, 1.165) is 5.56 Å². The van der Waals surface area contributed by atoms with E-state index in [1.807, 2.05) is 30.3 Å². The van der Waals surface area contributed by atoms with E-state index in [9.17, 15) is 22.8 Å². The van der Waals surface area contributed by atoms with Crippen molar-refractivity contribution in [2.24, 2.45) is 0 Å². The van der Waals surface area contributed by atoms with Gasteiger partial charge in [0.1, 0.15) is 10.9 Å². The minimum absolute atomic E-state index is 0.0638. The van der Waals surface area contributed by atoms with Crippen molar-refractivity contribution in [2.45, 2.75) is 37.2 Å². The van der Waals surface area contributed by atoms with Gasteiger partial charge >= 0.3 is 0 Å². The SMILES string of the molecule is CCNC(=O)C(Cc1ccccc1)N(Cc1c(Cl)cccc1Cl)C(=O)CCN1C(=O)c2ccccc2S1(=O)=O. The van der Waals surface area contributed by atoms with Gasteiger partial charge in [-0.2, -0.15) is 0 Å². The highest BCUT2D eigenvalue weighted by molar-refractivity contribution is 7.90. The van der Waals surface area contributed by atoms with Crippen molar-refractivity contribution >= 4 is 50.9 Å². The fourth-order valence-electron chi connectivity index (χ4n) is 4.49. The summed E-state index contributed by atoms with van der Waals surface area (Å²) in [7, 11) is -4.09. The minimum Gasteiger partial charge on any atom is -0.355 e. The van der Waals surface area contributed by atoms with Crippen LogP contribution in [0.5, 0.6) is 0 Å². The van der Waals surface area contributed by atoms with Crippen LogP contribution in [0.2, 0.25) is 10.0 Å². The summed E-state index contributed by atoms with van der Waals surface area (Å²) in [4.78, 5) is 41.2. The van der Waals surface area contributed by atoms with Crippen molar-refractivity contribution in [1.82, 2.24) is 14.5 Å². The second-order valence-electron chi connectivity index (χ2n) is 8.95. The molecule has 204 valence electrons. The van der Waals surface area contributed by atoms with Crippen molar-refractivity contribution in [3.63, 3.8) is 0 Å². The lowest BCUT2D eigenvalue weighted by molar-refractivity contribution is -0.141. The number of hydrogen-bond acceptors (Lipinski definition) is 5. The fourth-order valence-corrected chi connectivity index (χ4v) is 6.58. The van der Waals surface area contributed by atoms with Gasteiger partial charge in [0.15, 0.2) is 0 Å². The molecule has 0 spiro atoms. The molecule has 1 aliphatic rings. The number of carbonyl (C=O) groups excluding carboxylic acids is 3. The number of nitrogens with zero attached hydrogens (tertiary/aromatic N) is 2. The molecule has 0 saturated carbocycles. The summed E-state index contributed by atoms with van der Waals surface area (Å²) < 4.78 is 26.7. The largest absolute Gasteiger partial charge is 0.355 e. The smallest absolute Gasteiger partial charge is 0.269 e. The van der Waals surface area contributed by atoms with E-state index in [0.29, 0.717) is 26.5 Å². The van der Waals surface area contributed by atoms with Crippen LogP contribution in [-0.2, 0) is 32.6 Å². The second-order valence-corrected chi connectivity index (χ2v) is 11.6. The lowest BCUT2D eigenvalue weighted by Crippen LogP contribution is -2.51. The monoisotopic (exact) mass is 587 g/mol. The summed E-state index contributed by atoms with van der Waals surface area (Å²) in [6.45, 7) is 1.65. The van der Waals surface area contributed by atoms with Crippen LogP contribution in [0.3, 0.4) is 0 Å². The second kappa shape index (κ2) is 12.2. The molecule has 0 radical (unpaired) electrons. The number of likely N-dealkylation sites (N-methyl/N-ethyl adjacent to an activating group) is 1. The third-order valence-corrected chi connectivity index (χ3v) is 9.00.